The lowest BCUT2D eigenvalue weighted by molar-refractivity contribution is -0.147. The van der Waals surface area contributed by atoms with E-state index in [0.717, 1.165) is 6.54 Å². The van der Waals surface area contributed by atoms with Crippen molar-refractivity contribution in [2.75, 3.05) is 26.8 Å². The molecule has 1 fully saturated rings. The molecule has 1 amide bonds. The molecule has 0 aliphatic carbocycles. The largest absolute Gasteiger partial charge is 0.467 e. The maximum absolute atomic E-state index is 12.1. The van der Waals surface area contributed by atoms with Gasteiger partial charge in [0.2, 0.25) is 0 Å². The zero-order valence-electron chi connectivity index (χ0n) is 11.7. The second-order valence-electron chi connectivity index (χ2n) is 4.44. The Hall–Kier alpha value is -1.63. The predicted molar refractivity (Wildman–Crippen MR) is 79.2 cm³/mol. The normalized spacial score (nSPS) is 19.0. The number of halogens is 1. The van der Waals surface area contributed by atoms with Crippen LogP contribution in [0.2, 0.25) is 0 Å². The first-order chi connectivity index (χ1) is 9.72. The minimum absolute atomic E-state index is 0. The van der Waals surface area contributed by atoms with Crippen molar-refractivity contribution >= 4 is 24.3 Å². The van der Waals surface area contributed by atoms with Crippen LogP contribution < -0.4 is 10.6 Å². The van der Waals surface area contributed by atoms with Crippen LogP contribution in [0.3, 0.4) is 0 Å². The quantitative estimate of drug-likeness (QED) is 0.788. The van der Waals surface area contributed by atoms with Crippen LogP contribution in [0.25, 0.3) is 0 Å². The van der Waals surface area contributed by atoms with Gasteiger partial charge < -0.3 is 20.1 Å². The molecule has 2 rings (SSSR count). The van der Waals surface area contributed by atoms with Gasteiger partial charge in [-0.25, -0.2) is 4.79 Å². The molecule has 1 heterocycles. The monoisotopic (exact) mass is 314 g/mol. The summed E-state index contributed by atoms with van der Waals surface area (Å²) in [6, 6.07) is 8.16. The predicted octanol–water partition coefficient (Wildman–Crippen LogP) is 0.427. The fourth-order valence-electron chi connectivity index (χ4n) is 2.01. The van der Waals surface area contributed by atoms with Gasteiger partial charge in [0.1, 0.15) is 6.10 Å². The van der Waals surface area contributed by atoms with Crippen molar-refractivity contribution in [3.05, 3.63) is 35.9 Å². The Labute approximate surface area is 129 Å². The van der Waals surface area contributed by atoms with Crippen LogP contribution in [-0.2, 0) is 19.1 Å². The molecule has 1 aliphatic rings. The van der Waals surface area contributed by atoms with Crippen LogP contribution in [0.15, 0.2) is 30.3 Å². The van der Waals surface area contributed by atoms with E-state index in [-0.39, 0.29) is 18.3 Å². The third-order valence-corrected chi connectivity index (χ3v) is 3.08. The van der Waals surface area contributed by atoms with Crippen LogP contribution in [0.4, 0.5) is 0 Å². The Balaban J connectivity index is 0.00000220. The zero-order valence-corrected chi connectivity index (χ0v) is 12.5. The number of carbonyl (C=O) groups is 2. The lowest BCUT2D eigenvalue weighted by Gasteiger charge is -2.25. The maximum atomic E-state index is 12.1. The molecule has 2 unspecified atom stereocenters. The van der Waals surface area contributed by atoms with Gasteiger partial charge in [-0.1, -0.05) is 30.3 Å². The number of hydrogen-bond acceptors (Lipinski definition) is 5. The van der Waals surface area contributed by atoms with E-state index in [1.54, 1.807) is 24.3 Å². The molecule has 0 spiro atoms. The molecule has 0 saturated carbocycles. The Morgan fingerprint density at radius 2 is 2.10 bits per heavy atom. The third kappa shape index (κ3) is 4.70. The average Bonchev–Trinajstić information content (AvgIpc) is 2.53. The molecule has 1 aliphatic heterocycles. The molecule has 1 saturated heterocycles. The summed E-state index contributed by atoms with van der Waals surface area (Å²) in [4.78, 5) is 24.0. The molecule has 2 N–H and O–H groups in total. The van der Waals surface area contributed by atoms with E-state index in [9.17, 15) is 9.59 Å². The molecule has 1 aromatic rings. The van der Waals surface area contributed by atoms with Crippen LogP contribution in [-0.4, -0.2) is 44.8 Å². The zero-order chi connectivity index (χ0) is 14.4. The first-order valence-electron chi connectivity index (χ1n) is 6.48. The first-order valence-corrected chi connectivity index (χ1v) is 6.48. The molecule has 0 radical (unpaired) electrons. The number of esters is 1. The van der Waals surface area contributed by atoms with Crippen LogP contribution in [0, 0.1) is 0 Å². The van der Waals surface area contributed by atoms with E-state index >= 15 is 0 Å². The fourth-order valence-corrected chi connectivity index (χ4v) is 2.01. The molecule has 116 valence electrons. The summed E-state index contributed by atoms with van der Waals surface area (Å²) in [6.07, 6.45) is -0.584. The smallest absolute Gasteiger partial charge is 0.333 e. The second-order valence-corrected chi connectivity index (χ2v) is 4.44. The van der Waals surface area contributed by atoms with Crippen LogP contribution in [0.1, 0.15) is 11.6 Å². The van der Waals surface area contributed by atoms with Crippen molar-refractivity contribution in [1.82, 2.24) is 10.6 Å². The molecule has 2 atom stereocenters. The van der Waals surface area contributed by atoms with Crippen molar-refractivity contribution in [3.8, 4) is 0 Å². The van der Waals surface area contributed by atoms with Gasteiger partial charge in [0, 0.05) is 13.1 Å². The first kappa shape index (κ1) is 17.4. The molecular weight excluding hydrogens is 296 g/mol. The number of carbonyl (C=O) groups excluding carboxylic acids is 2. The molecule has 1 aromatic carbocycles. The topological polar surface area (TPSA) is 76.7 Å². The highest BCUT2D eigenvalue weighted by Gasteiger charge is 2.28. The van der Waals surface area contributed by atoms with Crippen LogP contribution in [0.5, 0.6) is 0 Å². The minimum Gasteiger partial charge on any atom is -0.467 e. The SMILES string of the molecule is COC(=O)C(NC(=O)C1CNCCO1)c1ccccc1.Cl. The molecule has 21 heavy (non-hydrogen) atoms. The average molecular weight is 315 g/mol. The van der Waals surface area contributed by atoms with E-state index in [2.05, 4.69) is 10.6 Å². The molecular formula is C14H19ClN2O4. The third-order valence-electron chi connectivity index (χ3n) is 3.08. The van der Waals surface area contributed by atoms with Crippen molar-refractivity contribution in [2.24, 2.45) is 0 Å². The van der Waals surface area contributed by atoms with Gasteiger partial charge in [0.05, 0.1) is 13.7 Å². The molecule has 0 bridgehead atoms. The van der Waals surface area contributed by atoms with Gasteiger partial charge in [-0.15, -0.1) is 12.4 Å². The van der Waals surface area contributed by atoms with Crippen molar-refractivity contribution in [3.63, 3.8) is 0 Å². The van der Waals surface area contributed by atoms with E-state index in [1.165, 1.54) is 7.11 Å². The molecule has 0 aromatic heterocycles. The Kier molecular flexibility index (Phi) is 7.14. The van der Waals surface area contributed by atoms with E-state index < -0.39 is 18.1 Å². The highest BCUT2D eigenvalue weighted by Crippen LogP contribution is 2.14. The maximum Gasteiger partial charge on any atom is 0.333 e. The number of rotatable bonds is 4. The number of benzene rings is 1. The lowest BCUT2D eigenvalue weighted by Crippen LogP contribution is -2.49. The Morgan fingerprint density at radius 3 is 2.67 bits per heavy atom. The highest BCUT2D eigenvalue weighted by molar-refractivity contribution is 5.88. The van der Waals surface area contributed by atoms with E-state index in [4.69, 9.17) is 9.47 Å². The number of morpholine rings is 1. The van der Waals surface area contributed by atoms with Gasteiger partial charge in [-0.05, 0) is 5.56 Å². The summed E-state index contributed by atoms with van der Waals surface area (Å²) in [5.74, 6) is -0.829. The van der Waals surface area contributed by atoms with Gasteiger partial charge in [-0.2, -0.15) is 0 Å². The summed E-state index contributed by atoms with van der Waals surface area (Å²) in [7, 11) is 1.29. The number of amides is 1. The van der Waals surface area contributed by atoms with Crippen LogP contribution >= 0.6 is 12.4 Å². The lowest BCUT2D eigenvalue weighted by atomic mass is 10.1. The number of nitrogens with one attached hydrogen (secondary N) is 2. The summed E-state index contributed by atoms with van der Waals surface area (Å²) < 4.78 is 10.1. The van der Waals surface area contributed by atoms with Gasteiger partial charge >= 0.3 is 5.97 Å². The number of hydrogen-bond donors (Lipinski definition) is 2. The van der Waals surface area contributed by atoms with E-state index in [1.807, 2.05) is 6.07 Å². The molecule has 6 nitrogen and oxygen atoms in total. The standard InChI is InChI=1S/C14H18N2O4.ClH/c1-19-14(18)12(10-5-3-2-4-6-10)16-13(17)11-9-15-7-8-20-11;/h2-6,11-12,15H,7-9H2,1H3,(H,16,17);1H. The Bertz CT molecular complexity index is 463. The van der Waals surface area contributed by atoms with Gasteiger partial charge in [0.15, 0.2) is 6.04 Å². The fraction of sp³-hybridized carbons (Fsp3) is 0.429. The summed E-state index contributed by atoms with van der Waals surface area (Å²) >= 11 is 0. The summed E-state index contributed by atoms with van der Waals surface area (Å²) in [5.41, 5.74) is 0.677. The van der Waals surface area contributed by atoms with Crippen molar-refractivity contribution in [2.45, 2.75) is 12.1 Å². The number of ether oxygens (including phenoxy) is 2. The highest BCUT2D eigenvalue weighted by atomic mass is 35.5. The van der Waals surface area contributed by atoms with Gasteiger partial charge in [0.25, 0.3) is 5.91 Å². The number of methoxy groups -OCH3 is 1. The van der Waals surface area contributed by atoms with Crippen molar-refractivity contribution < 1.29 is 19.1 Å². The molecule has 7 heteroatoms. The summed E-state index contributed by atoms with van der Waals surface area (Å²) in [6.45, 7) is 1.64. The van der Waals surface area contributed by atoms with Gasteiger partial charge in [-0.3, -0.25) is 4.79 Å². The summed E-state index contributed by atoms with van der Waals surface area (Å²) in [5, 5.41) is 5.75. The second kappa shape index (κ2) is 8.61. The van der Waals surface area contributed by atoms with Crippen molar-refractivity contribution in [1.29, 1.82) is 0 Å². The minimum atomic E-state index is -0.820. The Morgan fingerprint density at radius 1 is 1.38 bits per heavy atom. The van der Waals surface area contributed by atoms with E-state index in [0.29, 0.717) is 18.7 Å².